The number of nitrogens with one attached hydrogen (secondary N) is 1. The lowest BCUT2D eigenvalue weighted by atomic mass is 9.97. The topological polar surface area (TPSA) is 58.6 Å². The van der Waals surface area contributed by atoms with Crippen molar-refractivity contribution in [2.45, 2.75) is 59.1 Å². The first-order valence-corrected chi connectivity index (χ1v) is 9.43. The number of piperidine rings is 1. The average Bonchev–Trinajstić information content (AvgIpc) is 2.99. The zero-order valence-electron chi connectivity index (χ0n) is 15.1. The van der Waals surface area contributed by atoms with Gasteiger partial charge in [-0.05, 0) is 52.2 Å². The number of thiophene rings is 1. The molecule has 134 valence electrons. The van der Waals surface area contributed by atoms with Gasteiger partial charge in [-0.3, -0.25) is 4.79 Å². The van der Waals surface area contributed by atoms with E-state index in [4.69, 9.17) is 4.74 Å². The SMILES string of the molecule is CCc1ccc(CNC(=O)[C@H]2CCCN(C(=O)OC(C)(C)C)C2)s1. The van der Waals surface area contributed by atoms with Crippen LogP contribution in [-0.2, 0) is 22.5 Å². The molecule has 5 nitrogen and oxygen atoms in total. The molecule has 1 atom stereocenters. The molecular formula is C18H28N2O3S. The summed E-state index contributed by atoms with van der Waals surface area (Å²) >= 11 is 1.73. The molecule has 0 radical (unpaired) electrons. The Labute approximate surface area is 148 Å². The molecule has 0 unspecified atom stereocenters. The van der Waals surface area contributed by atoms with Crippen LogP contribution in [0, 0.1) is 5.92 Å². The van der Waals surface area contributed by atoms with Crippen molar-refractivity contribution in [2.75, 3.05) is 13.1 Å². The van der Waals surface area contributed by atoms with E-state index in [0.29, 0.717) is 19.6 Å². The van der Waals surface area contributed by atoms with Gasteiger partial charge in [-0.25, -0.2) is 4.79 Å². The van der Waals surface area contributed by atoms with Crippen LogP contribution in [0.15, 0.2) is 12.1 Å². The highest BCUT2D eigenvalue weighted by atomic mass is 32.1. The van der Waals surface area contributed by atoms with Gasteiger partial charge in [0.2, 0.25) is 5.91 Å². The third-order valence-corrected chi connectivity index (χ3v) is 5.18. The number of nitrogens with zero attached hydrogens (tertiary/aromatic N) is 1. The maximum atomic E-state index is 12.4. The standard InChI is InChI=1S/C18H28N2O3S/c1-5-14-8-9-15(24-14)11-19-16(21)13-7-6-10-20(12-13)17(22)23-18(2,3)4/h8-9,13H,5-7,10-12H2,1-4H3,(H,19,21)/t13-/m0/s1. The highest BCUT2D eigenvalue weighted by Crippen LogP contribution is 2.20. The molecule has 1 saturated heterocycles. The van der Waals surface area contributed by atoms with Gasteiger partial charge in [-0.1, -0.05) is 6.92 Å². The van der Waals surface area contributed by atoms with E-state index in [0.717, 1.165) is 19.3 Å². The van der Waals surface area contributed by atoms with Gasteiger partial charge in [0.25, 0.3) is 0 Å². The number of carbonyl (C=O) groups is 2. The lowest BCUT2D eigenvalue weighted by Gasteiger charge is -2.33. The third-order valence-electron chi connectivity index (χ3n) is 3.95. The summed E-state index contributed by atoms with van der Waals surface area (Å²) in [6.07, 6.45) is 2.34. The lowest BCUT2D eigenvalue weighted by Crippen LogP contribution is -2.46. The second kappa shape index (κ2) is 8.01. The number of hydrogen-bond donors (Lipinski definition) is 1. The van der Waals surface area contributed by atoms with Crippen molar-refractivity contribution < 1.29 is 14.3 Å². The van der Waals surface area contributed by atoms with Crippen molar-refractivity contribution in [3.63, 3.8) is 0 Å². The van der Waals surface area contributed by atoms with Gasteiger partial charge in [-0.2, -0.15) is 0 Å². The summed E-state index contributed by atoms with van der Waals surface area (Å²) < 4.78 is 5.41. The molecule has 0 spiro atoms. The quantitative estimate of drug-likeness (QED) is 0.901. The maximum Gasteiger partial charge on any atom is 0.410 e. The van der Waals surface area contributed by atoms with Crippen LogP contribution in [0.25, 0.3) is 0 Å². The fraction of sp³-hybridized carbons (Fsp3) is 0.667. The first-order chi connectivity index (χ1) is 11.3. The van der Waals surface area contributed by atoms with Crippen molar-refractivity contribution >= 4 is 23.3 Å². The van der Waals surface area contributed by atoms with Crippen molar-refractivity contribution in [1.29, 1.82) is 0 Å². The summed E-state index contributed by atoms with van der Waals surface area (Å²) in [7, 11) is 0. The molecule has 6 heteroatoms. The first-order valence-electron chi connectivity index (χ1n) is 8.61. The van der Waals surface area contributed by atoms with E-state index in [1.165, 1.54) is 9.75 Å². The molecule has 1 N–H and O–H groups in total. The Morgan fingerprint density at radius 3 is 2.67 bits per heavy atom. The second-order valence-corrected chi connectivity index (χ2v) is 8.46. The first kappa shape index (κ1) is 18.8. The Balaban J connectivity index is 1.84. The monoisotopic (exact) mass is 352 g/mol. The van der Waals surface area contributed by atoms with E-state index < -0.39 is 5.60 Å². The molecule has 0 aliphatic carbocycles. The number of rotatable bonds is 4. The van der Waals surface area contributed by atoms with Crippen molar-refractivity contribution in [2.24, 2.45) is 5.92 Å². The van der Waals surface area contributed by atoms with Gasteiger partial charge in [-0.15, -0.1) is 11.3 Å². The number of hydrogen-bond acceptors (Lipinski definition) is 4. The van der Waals surface area contributed by atoms with Crippen LogP contribution in [0.3, 0.4) is 0 Å². The van der Waals surface area contributed by atoms with E-state index in [9.17, 15) is 9.59 Å². The third kappa shape index (κ3) is 5.51. The van der Waals surface area contributed by atoms with E-state index >= 15 is 0 Å². The summed E-state index contributed by atoms with van der Waals surface area (Å²) in [4.78, 5) is 28.7. The van der Waals surface area contributed by atoms with Gasteiger partial charge >= 0.3 is 6.09 Å². The predicted octanol–water partition coefficient (Wildman–Crippen LogP) is 3.57. The minimum absolute atomic E-state index is 0.0229. The second-order valence-electron chi connectivity index (χ2n) is 7.20. The van der Waals surface area contributed by atoms with Crippen LogP contribution >= 0.6 is 11.3 Å². The van der Waals surface area contributed by atoms with Gasteiger partial charge in [0.1, 0.15) is 5.60 Å². The normalized spacial score (nSPS) is 18.3. The Kier molecular flexibility index (Phi) is 6.27. The molecule has 0 saturated carbocycles. The Bertz CT molecular complexity index is 577. The molecule has 1 aliphatic heterocycles. The molecule has 24 heavy (non-hydrogen) atoms. The lowest BCUT2D eigenvalue weighted by molar-refractivity contribution is -0.126. The molecule has 2 heterocycles. The van der Waals surface area contributed by atoms with Crippen LogP contribution < -0.4 is 5.32 Å². The fourth-order valence-corrected chi connectivity index (χ4v) is 3.61. The predicted molar refractivity (Wildman–Crippen MR) is 96.1 cm³/mol. The molecule has 1 aliphatic rings. The number of aryl methyl sites for hydroxylation is 1. The summed E-state index contributed by atoms with van der Waals surface area (Å²) in [5, 5.41) is 3.01. The van der Waals surface area contributed by atoms with Crippen LogP contribution in [0.2, 0.25) is 0 Å². The van der Waals surface area contributed by atoms with Crippen LogP contribution in [0.5, 0.6) is 0 Å². The van der Waals surface area contributed by atoms with Crippen LogP contribution in [0.1, 0.15) is 50.3 Å². The van der Waals surface area contributed by atoms with Crippen LogP contribution in [0.4, 0.5) is 4.79 Å². The van der Waals surface area contributed by atoms with E-state index in [2.05, 4.69) is 24.4 Å². The number of amides is 2. The number of likely N-dealkylation sites (tertiary alicyclic amines) is 1. The number of carbonyl (C=O) groups excluding carboxylic acids is 2. The van der Waals surface area contributed by atoms with Crippen molar-refractivity contribution in [1.82, 2.24) is 10.2 Å². The zero-order valence-corrected chi connectivity index (χ0v) is 15.9. The Morgan fingerprint density at radius 2 is 2.04 bits per heavy atom. The maximum absolute atomic E-state index is 12.4. The van der Waals surface area contributed by atoms with E-state index in [1.807, 2.05) is 20.8 Å². The molecule has 1 aromatic rings. The largest absolute Gasteiger partial charge is 0.444 e. The molecule has 0 bridgehead atoms. The Morgan fingerprint density at radius 1 is 1.33 bits per heavy atom. The van der Waals surface area contributed by atoms with Crippen molar-refractivity contribution in [3.05, 3.63) is 21.9 Å². The summed E-state index contributed by atoms with van der Waals surface area (Å²) in [6.45, 7) is 9.34. The summed E-state index contributed by atoms with van der Waals surface area (Å²) in [6, 6.07) is 4.18. The molecule has 2 rings (SSSR count). The smallest absolute Gasteiger partial charge is 0.410 e. The van der Waals surface area contributed by atoms with Gasteiger partial charge in [0, 0.05) is 22.8 Å². The fourth-order valence-electron chi connectivity index (χ4n) is 2.71. The minimum atomic E-state index is -0.511. The highest BCUT2D eigenvalue weighted by molar-refractivity contribution is 7.11. The molecular weight excluding hydrogens is 324 g/mol. The summed E-state index contributed by atoms with van der Waals surface area (Å²) in [5.74, 6) is -0.133. The van der Waals surface area contributed by atoms with E-state index in [1.54, 1.807) is 16.2 Å². The van der Waals surface area contributed by atoms with Gasteiger partial charge < -0.3 is 15.0 Å². The zero-order chi connectivity index (χ0) is 17.7. The molecule has 1 aromatic heterocycles. The molecule has 0 aromatic carbocycles. The van der Waals surface area contributed by atoms with Crippen molar-refractivity contribution in [3.8, 4) is 0 Å². The number of ether oxygens (including phenoxy) is 1. The molecule has 1 fully saturated rings. The highest BCUT2D eigenvalue weighted by Gasteiger charge is 2.30. The Hall–Kier alpha value is -1.56. The average molecular weight is 353 g/mol. The van der Waals surface area contributed by atoms with Gasteiger partial charge in [0.05, 0.1) is 12.5 Å². The van der Waals surface area contributed by atoms with E-state index in [-0.39, 0.29) is 17.9 Å². The summed E-state index contributed by atoms with van der Waals surface area (Å²) in [5.41, 5.74) is -0.511. The molecule has 2 amide bonds. The van der Waals surface area contributed by atoms with Crippen LogP contribution in [-0.4, -0.2) is 35.6 Å². The minimum Gasteiger partial charge on any atom is -0.444 e. The van der Waals surface area contributed by atoms with Gasteiger partial charge in [0.15, 0.2) is 0 Å².